The lowest BCUT2D eigenvalue weighted by molar-refractivity contribution is -0.135. The first-order valence-corrected chi connectivity index (χ1v) is 10.1. The molecule has 3 atom stereocenters. The van der Waals surface area contributed by atoms with E-state index in [0.717, 1.165) is 16.0 Å². The van der Waals surface area contributed by atoms with Gasteiger partial charge >= 0.3 is 6.09 Å². The number of rotatable bonds is 9. The molecule has 158 valence electrons. The van der Waals surface area contributed by atoms with Gasteiger partial charge in [-0.1, -0.05) is 79.7 Å². The highest BCUT2D eigenvalue weighted by atomic mass is 16.6. The van der Waals surface area contributed by atoms with Crippen LogP contribution < -0.4 is 0 Å². The minimum Gasteiger partial charge on any atom is -0.447 e. The Kier molecular flexibility index (Phi) is 7.76. The maximum absolute atomic E-state index is 12.9. The van der Waals surface area contributed by atoms with Crippen LogP contribution in [0.4, 0.5) is 4.79 Å². The predicted molar refractivity (Wildman–Crippen MR) is 113 cm³/mol. The molecule has 1 N–H and O–H groups in total. The van der Waals surface area contributed by atoms with Crippen LogP contribution in [0.2, 0.25) is 0 Å². The van der Waals surface area contributed by atoms with E-state index in [9.17, 15) is 14.7 Å². The standard InChI is InChI=1S/C24H27NO5/c1-18(22(26)13-8-14-29-16-20-11-6-3-7-12-20)23(27)25-21(17-30-24(25)28)15-19-9-4-2-5-10-19/h2-13,18,21-22,26H,14-17H2,1H3/b13-8+/t18-,21-,22+/m1/s1. The van der Waals surface area contributed by atoms with Crippen molar-refractivity contribution in [2.45, 2.75) is 32.1 Å². The van der Waals surface area contributed by atoms with Crippen LogP contribution in [0.15, 0.2) is 72.8 Å². The van der Waals surface area contributed by atoms with Crippen LogP contribution in [-0.4, -0.2) is 47.4 Å². The zero-order valence-electron chi connectivity index (χ0n) is 17.0. The summed E-state index contributed by atoms with van der Waals surface area (Å²) in [6.45, 7) is 2.55. The third kappa shape index (κ3) is 5.78. The van der Waals surface area contributed by atoms with Gasteiger partial charge in [-0.3, -0.25) is 4.79 Å². The minimum atomic E-state index is -1.02. The fourth-order valence-corrected chi connectivity index (χ4v) is 3.31. The topological polar surface area (TPSA) is 76.1 Å². The normalized spacial score (nSPS) is 18.4. The van der Waals surface area contributed by atoms with Crippen molar-refractivity contribution in [1.29, 1.82) is 0 Å². The first-order chi connectivity index (χ1) is 14.6. The molecule has 0 aromatic heterocycles. The summed E-state index contributed by atoms with van der Waals surface area (Å²) in [5.41, 5.74) is 2.08. The molecule has 2 aromatic rings. The Bertz CT molecular complexity index is 852. The largest absolute Gasteiger partial charge is 0.447 e. The Morgan fingerprint density at radius 1 is 1.17 bits per heavy atom. The highest BCUT2D eigenvalue weighted by molar-refractivity contribution is 5.95. The highest BCUT2D eigenvalue weighted by Gasteiger charge is 2.40. The van der Waals surface area contributed by atoms with Gasteiger partial charge in [0.2, 0.25) is 5.91 Å². The van der Waals surface area contributed by atoms with Gasteiger partial charge in [-0.2, -0.15) is 0 Å². The summed E-state index contributed by atoms with van der Waals surface area (Å²) in [7, 11) is 0. The molecule has 1 saturated heterocycles. The van der Waals surface area contributed by atoms with Crippen molar-refractivity contribution < 1.29 is 24.2 Å². The molecular weight excluding hydrogens is 382 g/mol. The average Bonchev–Trinajstić information content (AvgIpc) is 3.13. The van der Waals surface area contributed by atoms with Gasteiger partial charge in [0, 0.05) is 0 Å². The summed E-state index contributed by atoms with van der Waals surface area (Å²) < 4.78 is 10.6. The Hall–Kier alpha value is -2.96. The zero-order chi connectivity index (χ0) is 21.3. The SMILES string of the molecule is C[C@@H](C(=O)N1C(=O)OC[C@H]1Cc1ccccc1)[C@@H](O)/C=C/COCc1ccccc1. The van der Waals surface area contributed by atoms with Crippen molar-refractivity contribution in [1.82, 2.24) is 4.90 Å². The van der Waals surface area contributed by atoms with Gasteiger partial charge in [-0.25, -0.2) is 9.69 Å². The Labute approximate surface area is 176 Å². The lowest BCUT2D eigenvalue weighted by Crippen LogP contribution is -2.45. The molecule has 0 spiro atoms. The van der Waals surface area contributed by atoms with Gasteiger partial charge in [0.15, 0.2) is 0 Å². The second-order valence-electron chi connectivity index (χ2n) is 7.34. The third-order valence-electron chi connectivity index (χ3n) is 5.07. The summed E-state index contributed by atoms with van der Waals surface area (Å²) in [6, 6.07) is 19.0. The zero-order valence-corrected chi connectivity index (χ0v) is 17.0. The maximum atomic E-state index is 12.9. The smallest absolute Gasteiger partial charge is 0.416 e. The maximum Gasteiger partial charge on any atom is 0.416 e. The van der Waals surface area contributed by atoms with Gasteiger partial charge in [0.05, 0.1) is 31.3 Å². The molecule has 0 unspecified atom stereocenters. The predicted octanol–water partition coefficient (Wildman–Crippen LogP) is 3.35. The summed E-state index contributed by atoms with van der Waals surface area (Å²) in [6.07, 6.45) is 2.05. The molecular formula is C24H27NO5. The van der Waals surface area contributed by atoms with Crippen LogP contribution >= 0.6 is 0 Å². The number of aliphatic hydroxyl groups is 1. The molecule has 1 aliphatic heterocycles. The summed E-state index contributed by atoms with van der Waals surface area (Å²) in [4.78, 5) is 26.2. The third-order valence-corrected chi connectivity index (χ3v) is 5.07. The van der Waals surface area contributed by atoms with Crippen molar-refractivity contribution in [2.24, 2.45) is 5.92 Å². The van der Waals surface area contributed by atoms with Gasteiger partial charge < -0.3 is 14.6 Å². The molecule has 1 heterocycles. The first kappa shape index (κ1) is 21.7. The van der Waals surface area contributed by atoms with E-state index >= 15 is 0 Å². The van der Waals surface area contributed by atoms with Crippen LogP contribution in [0.3, 0.4) is 0 Å². The van der Waals surface area contributed by atoms with Crippen molar-refractivity contribution in [3.05, 3.63) is 83.9 Å². The number of imide groups is 1. The van der Waals surface area contributed by atoms with Gasteiger partial charge in [-0.15, -0.1) is 0 Å². The van der Waals surface area contributed by atoms with Crippen molar-refractivity contribution in [3.8, 4) is 0 Å². The van der Waals surface area contributed by atoms with Gasteiger partial charge in [-0.05, 0) is 17.5 Å². The number of carbonyl (C=O) groups excluding carboxylic acids is 2. The van der Waals surface area contributed by atoms with Gasteiger partial charge in [0.25, 0.3) is 0 Å². The first-order valence-electron chi connectivity index (χ1n) is 10.1. The van der Waals surface area contributed by atoms with Crippen LogP contribution in [0.1, 0.15) is 18.1 Å². The molecule has 0 radical (unpaired) electrons. The number of nitrogens with zero attached hydrogens (tertiary/aromatic N) is 1. The molecule has 2 amide bonds. The van der Waals surface area contributed by atoms with E-state index < -0.39 is 24.0 Å². The Morgan fingerprint density at radius 3 is 2.47 bits per heavy atom. The summed E-state index contributed by atoms with van der Waals surface area (Å²) in [5, 5.41) is 10.4. The summed E-state index contributed by atoms with van der Waals surface area (Å²) >= 11 is 0. The van der Waals surface area contributed by atoms with E-state index in [0.29, 0.717) is 19.6 Å². The number of aliphatic hydroxyl groups excluding tert-OH is 1. The van der Waals surface area contributed by atoms with Crippen LogP contribution in [0.5, 0.6) is 0 Å². The second kappa shape index (κ2) is 10.7. The second-order valence-corrected chi connectivity index (χ2v) is 7.34. The molecule has 0 bridgehead atoms. The average molecular weight is 409 g/mol. The van der Waals surface area contributed by atoms with E-state index in [1.165, 1.54) is 6.08 Å². The number of hydrogen-bond acceptors (Lipinski definition) is 5. The molecule has 0 saturated carbocycles. The van der Waals surface area contributed by atoms with Crippen LogP contribution in [0, 0.1) is 5.92 Å². The molecule has 1 fully saturated rings. The van der Waals surface area contributed by atoms with Crippen molar-refractivity contribution in [3.63, 3.8) is 0 Å². The summed E-state index contributed by atoms with van der Waals surface area (Å²) in [5.74, 6) is -1.22. The molecule has 6 heteroatoms. The van der Waals surface area contributed by atoms with Crippen LogP contribution in [0.25, 0.3) is 0 Å². The Balaban J connectivity index is 1.51. The fourth-order valence-electron chi connectivity index (χ4n) is 3.31. The number of cyclic esters (lactones) is 1. The molecule has 1 aliphatic rings. The van der Waals surface area contributed by atoms with E-state index in [2.05, 4.69) is 0 Å². The lowest BCUT2D eigenvalue weighted by Gasteiger charge is -2.24. The quantitative estimate of drug-likeness (QED) is 0.508. The van der Waals surface area contributed by atoms with Gasteiger partial charge in [0.1, 0.15) is 6.61 Å². The van der Waals surface area contributed by atoms with E-state index in [4.69, 9.17) is 9.47 Å². The van der Waals surface area contributed by atoms with Crippen molar-refractivity contribution in [2.75, 3.05) is 13.2 Å². The Morgan fingerprint density at radius 2 is 1.80 bits per heavy atom. The molecule has 3 rings (SSSR count). The molecule has 6 nitrogen and oxygen atoms in total. The molecule has 30 heavy (non-hydrogen) atoms. The van der Waals surface area contributed by atoms with E-state index in [1.54, 1.807) is 13.0 Å². The fraction of sp³-hybridized carbons (Fsp3) is 0.333. The number of benzene rings is 2. The molecule has 2 aromatic carbocycles. The van der Waals surface area contributed by atoms with Crippen LogP contribution in [-0.2, 0) is 27.3 Å². The molecule has 0 aliphatic carbocycles. The van der Waals surface area contributed by atoms with E-state index in [-0.39, 0.29) is 12.6 Å². The van der Waals surface area contributed by atoms with E-state index in [1.807, 2.05) is 60.7 Å². The number of hydrogen-bond donors (Lipinski definition) is 1. The lowest BCUT2D eigenvalue weighted by atomic mass is 10.00. The monoisotopic (exact) mass is 409 g/mol. The number of amides is 2. The minimum absolute atomic E-state index is 0.158. The number of carbonyl (C=O) groups is 2. The number of ether oxygens (including phenoxy) is 2. The van der Waals surface area contributed by atoms with Crippen molar-refractivity contribution >= 4 is 12.0 Å². The highest BCUT2D eigenvalue weighted by Crippen LogP contribution is 2.21.